The van der Waals surface area contributed by atoms with Gasteiger partial charge in [0.05, 0.1) is 29.9 Å². The highest BCUT2D eigenvalue weighted by molar-refractivity contribution is 6.08. The second-order valence-corrected chi connectivity index (χ2v) is 7.28. The molecule has 0 spiro atoms. The van der Waals surface area contributed by atoms with Gasteiger partial charge in [-0.25, -0.2) is 15.0 Å². The van der Waals surface area contributed by atoms with Crippen molar-refractivity contribution in [1.29, 1.82) is 0 Å². The van der Waals surface area contributed by atoms with Crippen LogP contribution >= 0.6 is 0 Å². The van der Waals surface area contributed by atoms with Gasteiger partial charge in [-0.2, -0.15) is 0 Å². The fraction of sp³-hybridized carbons (Fsp3) is 0.208. The van der Waals surface area contributed by atoms with E-state index >= 15 is 0 Å². The van der Waals surface area contributed by atoms with E-state index in [0.29, 0.717) is 25.6 Å². The van der Waals surface area contributed by atoms with Gasteiger partial charge in [-0.15, -0.1) is 0 Å². The van der Waals surface area contributed by atoms with Crippen molar-refractivity contribution < 1.29 is 9.47 Å². The lowest BCUT2D eigenvalue weighted by molar-refractivity contribution is 0.146. The minimum Gasteiger partial charge on any atom is -0.491 e. The van der Waals surface area contributed by atoms with E-state index < -0.39 is 0 Å². The zero-order chi connectivity index (χ0) is 23.8. The number of allylic oxidation sites excluding steroid dienone is 1. The van der Waals surface area contributed by atoms with E-state index in [1.807, 2.05) is 40.9 Å². The predicted molar refractivity (Wildman–Crippen MR) is 132 cm³/mol. The van der Waals surface area contributed by atoms with Gasteiger partial charge < -0.3 is 20.5 Å². The summed E-state index contributed by atoms with van der Waals surface area (Å²) < 4.78 is 12.6. The first kappa shape index (κ1) is 22.9. The van der Waals surface area contributed by atoms with Crippen LogP contribution in [0.2, 0.25) is 0 Å². The molecule has 10 nitrogen and oxygen atoms in total. The van der Waals surface area contributed by atoms with Crippen molar-refractivity contribution in [3.63, 3.8) is 0 Å². The number of fused-ring (bicyclic) bond motifs is 1. The molecule has 0 amide bonds. The number of anilines is 1. The quantitative estimate of drug-likeness (QED) is 0.275. The maximum atomic E-state index is 5.67. The van der Waals surface area contributed by atoms with E-state index in [1.54, 1.807) is 32.8 Å². The van der Waals surface area contributed by atoms with Gasteiger partial charge >= 0.3 is 0 Å². The Morgan fingerprint density at radius 2 is 2.03 bits per heavy atom. The first-order valence-electron chi connectivity index (χ1n) is 10.7. The zero-order valence-corrected chi connectivity index (χ0v) is 19.0. The monoisotopic (exact) mass is 458 g/mol. The summed E-state index contributed by atoms with van der Waals surface area (Å²) in [5, 5.41) is 3.32. The van der Waals surface area contributed by atoms with Crippen molar-refractivity contribution in [3.8, 4) is 17.1 Å². The summed E-state index contributed by atoms with van der Waals surface area (Å²) in [6, 6.07) is 9.56. The molecular weight excluding hydrogens is 432 g/mol. The van der Waals surface area contributed by atoms with Crippen LogP contribution in [0, 0.1) is 0 Å². The summed E-state index contributed by atoms with van der Waals surface area (Å²) in [5.41, 5.74) is 10.6. The van der Waals surface area contributed by atoms with Crippen molar-refractivity contribution in [2.45, 2.75) is 6.54 Å². The summed E-state index contributed by atoms with van der Waals surface area (Å²) >= 11 is 0. The lowest BCUT2D eigenvalue weighted by Gasteiger charge is -2.09. The molecule has 0 saturated heterocycles. The maximum absolute atomic E-state index is 5.67. The van der Waals surface area contributed by atoms with Gasteiger partial charge in [0.15, 0.2) is 0 Å². The topological polar surface area (TPSA) is 125 Å². The molecule has 10 heteroatoms. The van der Waals surface area contributed by atoms with Crippen LogP contribution in [-0.4, -0.2) is 57.9 Å². The molecular formula is C24H26N8O2. The number of hydrogen-bond acceptors (Lipinski definition) is 9. The van der Waals surface area contributed by atoms with E-state index in [2.05, 4.69) is 30.2 Å². The van der Waals surface area contributed by atoms with Crippen LogP contribution in [0.15, 0.2) is 66.4 Å². The van der Waals surface area contributed by atoms with Crippen molar-refractivity contribution in [2.75, 3.05) is 32.7 Å². The summed E-state index contributed by atoms with van der Waals surface area (Å²) in [4.78, 5) is 21.7. The number of nitrogens with one attached hydrogen (secondary N) is 1. The Morgan fingerprint density at radius 3 is 2.79 bits per heavy atom. The number of aliphatic imine (C=N–C) groups is 1. The molecule has 4 rings (SSSR count). The standard InChI is InChI=1S/C24H26N8O2/c1-26-14-18(11-25)20-4-3-17(12-27-20)13-28-23-10-21(30-16-31-23)22-15-29-24-9-19(5-6-32(22)24)34-8-7-33-2/h3-6,9-12,14-16H,7-8,13,25H2,1-2H3,(H,28,30,31)/b18-11+,26-14?. The first-order valence-corrected chi connectivity index (χ1v) is 10.7. The molecule has 0 aliphatic heterocycles. The van der Waals surface area contributed by atoms with E-state index in [-0.39, 0.29) is 0 Å². The molecule has 0 radical (unpaired) electrons. The normalized spacial score (nSPS) is 11.9. The first-order chi connectivity index (χ1) is 16.7. The van der Waals surface area contributed by atoms with Crippen molar-refractivity contribution in [1.82, 2.24) is 24.3 Å². The molecule has 0 unspecified atom stereocenters. The summed E-state index contributed by atoms with van der Waals surface area (Å²) in [6.45, 7) is 1.57. The van der Waals surface area contributed by atoms with E-state index in [1.165, 1.54) is 12.5 Å². The molecule has 34 heavy (non-hydrogen) atoms. The Hall–Kier alpha value is -4.31. The molecule has 4 aromatic heterocycles. The highest BCUT2D eigenvalue weighted by atomic mass is 16.5. The van der Waals surface area contributed by atoms with Gasteiger partial charge in [-0.05, 0) is 17.7 Å². The number of pyridine rings is 2. The van der Waals surface area contributed by atoms with E-state index in [9.17, 15) is 0 Å². The highest BCUT2D eigenvalue weighted by Crippen LogP contribution is 2.23. The fourth-order valence-electron chi connectivity index (χ4n) is 3.30. The summed E-state index contributed by atoms with van der Waals surface area (Å²) in [7, 11) is 3.34. The lowest BCUT2D eigenvalue weighted by atomic mass is 10.1. The van der Waals surface area contributed by atoms with Gasteiger partial charge in [0.25, 0.3) is 0 Å². The van der Waals surface area contributed by atoms with Crippen LogP contribution in [-0.2, 0) is 11.3 Å². The third-order valence-electron chi connectivity index (χ3n) is 5.01. The molecule has 0 atom stereocenters. The smallest absolute Gasteiger partial charge is 0.140 e. The van der Waals surface area contributed by atoms with Crippen molar-refractivity contribution in [2.24, 2.45) is 10.7 Å². The third-order valence-corrected chi connectivity index (χ3v) is 5.01. The van der Waals surface area contributed by atoms with E-state index in [0.717, 1.165) is 39.6 Å². The summed E-state index contributed by atoms with van der Waals surface area (Å²) in [5.74, 6) is 1.44. The molecule has 4 heterocycles. The molecule has 4 aromatic rings. The molecule has 3 N–H and O–H groups in total. The van der Waals surface area contributed by atoms with Crippen LogP contribution in [0.5, 0.6) is 5.75 Å². The lowest BCUT2D eigenvalue weighted by Crippen LogP contribution is -2.04. The van der Waals surface area contributed by atoms with Gasteiger partial charge in [0.1, 0.15) is 30.1 Å². The van der Waals surface area contributed by atoms with Gasteiger partial charge in [0.2, 0.25) is 0 Å². The zero-order valence-electron chi connectivity index (χ0n) is 19.0. The second-order valence-electron chi connectivity index (χ2n) is 7.28. The highest BCUT2D eigenvalue weighted by Gasteiger charge is 2.10. The molecule has 0 saturated carbocycles. The largest absolute Gasteiger partial charge is 0.491 e. The molecule has 0 aliphatic carbocycles. The minimum atomic E-state index is 0.483. The fourth-order valence-corrected chi connectivity index (χ4v) is 3.30. The number of hydrogen-bond donors (Lipinski definition) is 2. The number of rotatable bonds is 10. The summed E-state index contributed by atoms with van der Waals surface area (Å²) in [6.07, 6.45) is 10.2. The number of imidazole rings is 1. The number of nitrogens with two attached hydrogens (primary N) is 1. The van der Waals surface area contributed by atoms with Gasteiger partial charge in [0, 0.05) is 63.2 Å². The molecule has 0 fully saturated rings. The Balaban J connectivity index is 1.45. The van der Waals surface area contributed by atoms with Crippen LogP contribution < -0.4 is 15.8 Å². The number of aromatic nitrogens is 5. The number of nitrogens with zero attached hydrogens (tertiary/aromatic N) is 6. The molecule has 0 bridgehead atoms. The SMILES string of the molecule is CN=C/C(=C\N)c1ccc(CNc2cc(-c3cnc4cc(OCCOC)ccn34)ncn2)cn1. The minimum absolute atomic E-state index is 0.483. The van der Waals surface area contributed by atoms with Crippen LogP contribution in [0.1, 0.15) is 11.3 Å². The second kappa shape index (κ2) is 11.0. The van der Waals surface area contributed by atoms with E-state index in [4.69, 9.17) is 15.2 Å². The van der Waals surface area contributed by atoms with Gasteiger partial charge in [-0.3, -0.25) is 14.4 Å². The van der Waals surface area contributed by atoms with Crippen LogP contribution in [0.3, 0.4) is 0 Å². The third kappa shape index (κ3) is 5.36. The Morgan fingerprint density at radius 1 is 1.12 bits per heavy atom. The Kier molecular flexibility index (Phi) is 7.41. The van der Waals surface area contributed by atoms with Crippen molar-refractivity contribution in [3.05, 3.63) is 72.7 Å². The van der Waals surface area contributed by atoms with Gasteiger partial charge in [-0.1, -0.05) is 6.07 Å². The van der Waals surface area contributed by atoms with Crippen LogP contribution in [0.25, 0.3) is 22.6 Å². The molecule has 174 valence electrons. The average molecular weight is 459 g/mol. The maximum Gasteiger partial charge on any atom is 0.140 e. The molecule has 0 aliphatic rings. The number of ether oxygens (including phenoxy) is 2. The van der Waals surface area contributed by atoms with Crippen LogP contribution in [0.4, 0.5) is 5.82 Å². The Bertz CT molecular complexity index is 1300. The average Bonchev–Trinajstić information content (AvgIpc) is 3.30. The van der Waals surface area contributed by atoms with Crippen molar-refractivity contribution >= 4 is 23.3 Å². The predicted octanol–water partition coefficient (Wildman–Crippen LogP) is 2.82. The Labute approximate surface area is 197 Å². The number of methoxy groups -OCH3 is 1. The molecule has 0 aromatic carbocycles.